The van der Waals surface area contributed by atoms with Gasteiger partial charge in [-0.05, 0) is 36.4 Å². The molecule has 0 saturated heterocycles. The maximum absolute atomic E-state index is 13.2. The van der Waals surface area contributed by atoms with Crippen LogP contribution in [0.3, 0.4) is 0 Å². The molecule has 1 aromatic heterocycles. The topological polar surface area (TPSA) is 86.5 Å². The van der Waals surface area contributed by atoms with Crippen LogP contribution in [0.15, 0.2) is 46.9 Å². The van der Waals surface area contributed by atoms with E-state index in [0.29, 0.717) is 17.1 Å². The fourth-order valence-corrected chi connectivity index (χ4v) is 2.16. The van der Waals surface area contributed by atoms with Crippen LogP contribution in [0.25, 0.3) is 11.5 Å². The number of nitrogens with zero attached hydrogens (tertiary/aromatic N) is 2. The number of hydrogen-bond donors (Lipinski definition) is 1. The largest absolute Gasteiger partial charge is 0.497 e. The number of carbonyl (C=O) groups excluding carboxylic acids is 1. The first-order valence-corrected chi connectivity index (χ1v) is 7.23. The van der Waals surface area contributed by atoms with Crippen molar-refractivity contribution < 1.29 is 23.1 Å². The summed E-state index contributed by atoms with van der Waals surface area (Å²) in [7, 11) is 3.04. The van der Waals surface area contributed by atoms with E-state index in [-0.39, 0.29) is 17.5 Å². The first kappa shape index (κ1) is 16.4. The summed E-state index contributed by atoms with van der Waals surface area (Å²) in [5.74, 6) is 0.157. The summed E-state index contributed by atoms with van der Waals surface area (Å²) < 4.78 is 29.1. The van der Waals surface area contributed by atoms with Crippen LogP contribution < -0.4 is 14.8 Å². The zero-order valence-corrected chi connectivity index (χ0v) is 13.4. The summed E-state index contributed by atoms with van der Waals surface area (Å²) >= 11 is 0. The molecule has 0 aliphatic rings. The smallest absolute Gasteiger partial charge is 0.322 e. The third-order valence-electron chi connectivity index (χ3n) is 3.37. The van der Waals surface area contributed by atoms with Gasteiger partial charge in [-0.25, -0.2) is 4.39 Å². The Morgan fingerprint density at radius 1 is 1.12 bits per heavy atom. The van der Waals surface area contributed by atoms with Crippen LogP contribution in [0.5, 0.6) is 11.5 Å². The molecule has 0 saturated carbocycles. The zero-order chi connectivity index (χ0) is 17.8. The molecule has 1 amide bonds. The second kappa shape index (κ2) is 7.00. The number of carbonyl (C=O) groups is 1. The Kier molecular flexibility index (Phi) is 4.60. The van der Waals surface area contributed by atoms with Gasteiger partial charge in [0.25, 0.3) is 11.8 Å². The molecular formula is C17H14FN3O4. The highest BCUT2D eigenvalue weighted by atomic mass is 19.1. The number of nitrogens with one attached hydrogen (secondary N) is 1. The lowest BCUT2D eigenvalue weighted by Crippen LogP contribution is -2.12. The van der Waals surface area contributed by atoms with E-state index < -0.39 is 11.7 Å². The Labute approximate surface area is 142 Å². The third kappa shape index (κ3) is 3.57. The van der Waals surface area contributed by atoms with Gasteiger partial charge in [0.1, 0.15) is 17.3 Å². The Bertz CT molecular complexity index is 910. The van der Waals surface area contributed by atoms with E-state index in [4.69, 9.17) is 13.9 Å². The van der Waals surface area contributed by atoms with Crippen molar-refractivity contribution in [2.45, 2.75) is 0 Å². The second-order valence-electron chi connectivity index (χ2n) is 4.94. The Morgan fingerprint density at radius 3 is 2.68 bits per heavy atom. The number of halogens is 1. The molecule has 128 valence electrons. The van der Waals surface area contributed by atoms with E-state index in [1.807, 2.05) is 0 Å². The van der Waals surface area contributed by atoms with Gasteiger partial charge in [-0.3, -0.25) is 10.1 Å². The Hall–Kier alpha value is -3.42. The molecule has 3 aromatic rings. The number of ether oxygens (including phenoxy) is 2. The number of aromatic nitrogens is 2. The van der Waals surface area contributed by atoms with Gasteiger partial charge >= 0.3 is 6.01 Å². The third-order valence-corrected chi connectivity index (χ3v) is 3.37. The van der Waals surface area contributed by atoms with Gasteiger partial charge in [0.2, 0.25) is 0 Å². The van der Waals surface area contributed by atoms with Crippen molar-refractivity contribution >= 4 is 11.9 Å². The summed E-state index contributed by atoms with van der Waals surface area (Å²) in [6.45, 7) is 0. The van der Waals surface area contributed by atoms with Crippen molar-refractivity contribution in [1.82, 2.24) is 10.2 Å². The van der Waals surface area contributed by atoms with Crippen LogP contribution in [0.4, 0.5) is 10.4 Å². The second-order valence-corrected chi connectivity index (χ2v) is 4.94. The molecule has 0 unspecified atom stereocenters. The molecule has 0 aliphatic carbocycles. The van der Waals surface area contributed by atoms with Crippen LogP contribution >= 0.6 is 0 Å². The lowest BCUT2D eigenvalue weighted by molar-refractivity contribution is 0.102. The van der Waals surface area contributed by atoms with Crippen molar-refractivity contribution in [2.75, 3.05) is 19.5 Å². The quantitative estimate of drug-likeness (QED) is 0.766. The van der Waals surface area contributed by atoms with Gasteiger partial charge in [0.15, 0.2) is 0 Å². The molecule has 2 aromatic carbocycles. The molecule has 0 aliphatic heterocycles. The minimum atomic E-state index is -0.563. The normalized spacial score (nSPS) is 10.4. The lowest BCUT2D eigenvalue weighted by Gasteiger charge is -2.07. The number of benzene rings is 2. The SMILES string of the molecule is COc1ccc(OC)c(-c2nnc(NC(=O)c3cccc(F)c3)o2)c1. The molecule has 0 radical (unpaired) electrons. The lowest BCUT2D eigenvalue weighted by atomic mass is 10.2. The van der Waals surface area contributed by atoms with Crippen LogP contribution in [0, 0.1) is 5.82 Å². The predicted molar refractivity (Wildman–Crippen MR) is 87.2 cm³/mol. The summed E-state index contributed by atoms with van der Waals surface area (Å²) in [6, 6.07) is 10.2. The molecule has 0 bridgehead atoms. The predicted octanol–water partition coefficient (Wildman–Crippen LogP) is 3.15. The van der Waals surface area contributed by atoms with Crippen LogP contribution in [0.2, 0.25) is 0 Å². The fourth-order valence-electron chi connectivity index (χ4n) is 2.16. The molecule has 3 rings (SSSR count). The van der Waals surface area contributed by atoms with Gasteiger partial charge in [-0.2, -0.15) is 0 Å². The average molecular weight is 343 g/mol. The van der Waals surface area contributed by atoms with Gasteiger partial charge < -0.3 is 13.9 Å². The number of hydrogen-bond acceptors (Lipinski definition) is 6. The van der Waals surface area contributed by atoms with E-state index in [0.717, 1.165) is 6.07 Å². The average Bonchev–Trinajstić information content (AvgIpc) is 3.09. The molecule has 7 nitrogen and oxygen atoms in total. The monoisotopic (exact) mass is 343 g/mol. The van der Waals surface area contributed by atoms with Gasteiger partial charge in [-0.15, -0.1) is 5.10 Å². The van der Waals surface area contributed by atoms with E-state index >= 15 is 0 Å². The maximum Gasteiger partial charge on any atom is 0.322 e. The summed E-state index contributed by atoms with van der Waals surface area (Å²) in [5, 5.41) is 10.1. The number of methoxy groups -OCH3 is 2. The van der Waals surface area contributed by atoms with Crippen LogP contribution in [0.1, 0.15) is 10.4 Å². The van der Waals surface area contributed by atoms with Crippen LogP contribution in [-0.2, 0) is 0 Å². The fraction of sp³-hybridized carbons (Fsp3) is 0.118. The molecule has 25 heavy (non-hydrogen) atoms. The summed E-state index contributed by atoms with van der Waals surface area (Å²) in [6.07, 6.45) is 0. The minimum absolute atomic E-state index is 0.117. The van der Waals surface area contributed by atoms with Gasteiger partial charge in [0.05, 0.1) is 19.8 Å². The summed E-state index contributed by atoms with van der Waals surface area (Å²) in [5.41, 5.74) is 0.652. The number of amides is 1. The van der Waals surface area contributed by atoms with E-state index in [1.54, 1.807) is 18.2 Å². The molecule has 1 N–H and O–H groups in total. The van der Waals surface area contributed by atoms with Crippen molar-refractivity contribution in [3.8, 4) is 23.0 Å². The zero-order valence-electron chi connectivity index (χ0n) is 13.4. The Balaban J connectivity index is 1.84. The van der Waals surface area contributed by atoms with Crippen LogP contribution in [-0.4, -0.2) is 30.3 Å². The molecule has 0 fully saturated rings. The standard InChI is InChI=1S/C17H14FN3O4/c1-23-12-6-7-14(24-2)13(9-12)16-20-21-17(25-16)19-15(22)10-4-3-5-11(18)8-10/h3-9H,1-2H3,(H,19,21,22). The van der Waals surface area contributed by atoms with Gasteiger partial charge in [0, 0.05) is 5.56 Å². The minimum Gasteiger partial charge on any atom is -0.497 e. The molecule has 0 atom stereocenters. The highest BCUT2D eigenvalue weighted by Crippen LogP contribution is 2.33. The van der Waals surface area contributed by atoms with E-state index in [2.05, 4.69) is 15.5 Å². The van der Waals surface area contributed by atoms with E-state index in [9.17, 15) is 9.18 Å². The number of rotatable bonds is 5. The van der Waals surface area contributed by atoms with Crippen molar-refractivity contribution in [3.63, 3.8) is 0 Å². The first-order chi connectivity index (χ1) is 12.1. The van der Waals surface area contributed by atoms with Crippen molar-refractivity contribution in [1.29, 1.82) is 0 Å². The molecular weight excluding hydrogens is 329 g/mol. The molecule has 8 heteroatoms. The molecule has 0 spiro atoms. The number of anilines is 1. The first-order valence-electron chi connectivity index (χ1n) is 7.23. The van der Waals surface area contributed by atoms with Gasteiger partial charge in [-0.1, -0.05) is 11.2 Å². The maximum atomic E-state index is 13.2. The summed E-state index contributed by atoms with van der Waals surface area (Å²) in [4.78, 5) is 12.1. The van der Waals surface area contributed by atoms with Crippen molar-refractivity contribution in [2.24, 2.45) is 0 Å². The van der Waals surface area contributed by atoms with E-state index in [1.165, 1.54) is 32.4 Å². The van der Waals surface area contributed by atoms with Crippen molar-refractivity contribution in [3.05, 3.63) is 53.8 Å². The Morgan fingerprint density at radius 2 is 1.96 bits per heavy atom. The highest BCUT2D eigenvalue weighted by molar-refractivity contribution is 6.03. The highest BCUT2D eigenvalue weighted by Gasteiger charge is 2.17. The molecule has 1 heterocycles.